The summed E-state index contributed by atoms with van der Waals surface area (Å²) in [6.07, 6.45) is -0.798. The van der Waals surface area contributed by atoms with Crippen LogP contribution in [0.15, 0.2) is 48.5 Å². The van der Waals surface area contributed by atoms with Crippen LogP contribution < -0.4 is 5.73 Å². The molecule has 6 heteroatoms. The first-order valence-electron chi connectivity index (χ1n) is 6.40. The molecule has 0 fully saturated rings. The van der Waals surface area contributed by atoms with Crippen molar-refractivity contribution in [3.8, 4) is 0 Å². The van der Waals surface area contributed by atoms with Gasteiger partial charge in [0, 0.05) is 24.1 Å². The van der Waals surface area contributed by atoms with Gasteiger partial charge in [-0.3, -0.25) is 10.1 Å². The molecule has 0 aliphatic heterocycles. The number of nitro benzene ring substituents is 1. The van der Waals surface area contributed by atoms with Crippen LogP contribution in [-0.2, 0) is 6.42 Å². The second kappa shape index (κ2) is 6.43. The molecule has 0 aliphatic rings. The van der Waals surface area contributed by atoms with Crippen LogP contribution in [0.1, 0.15) is 17.2 Å². The maximum atomic E-state index is 13.8. The molecule has 2 aromatic carbocycles. The van der Waals surface area contributed by atoms with Gasteiger partial charge in [0.15, 0.2) is 0 Å². The highest BCUT2D eigenvalue weighted by Crippen LogP contribution is 2.24. The Balaban J connectivity index is 2.20. The number of halogens is 1. The molecule has 0 saturated heterocycles. The van der Waals surface area contributed by atoms with Crippen LogP contribution >= 0.6 is 0 Å². The quantitative estimate of drug-likeness (QED) is 0.653. The standard InChI is InChI=1S/C15H15FN2O3/c16-13-7-6-11(18(20)21)9-12(13)15(17)14(19)8-10-4-2-1-3-5-10/h1-7,9,14-15,19H,8,17H2/t14-,15+/m0/s1. The minimum Gasteiger partial charge on any atom is -0.391 e. The highest BCUT2D eigenvalue weighted by molar-refractivity contribution is 5.37. The average molecular weight is 290 g/mol. The van der Waals surface area contributed by atoms with Crippen molar-refractivity contribution in [1.29, 1.82) is 0 Å². The Morgan fingerprint density at radius 1 is 1.24 bits per heavy atom. The van der Waals surface area contributed by atoms with Crippen molar-refractivity contribution in [2.24, 2.45) is 5.73 Å². The van der Waals surface area contributed by atoms with Crippen molar-refractivity contribution in [2.75, 3.05) is 0 Å². The van der Waals surface area contributed by atoms with E-state index in [1.165, 1.54) is 0 Å². The smallest absolute Gasteiger partial charge is 0.269 e. The van der Waals surface area contributed by atoms with Crippen LogP contribution in [0.4, 0.5) is 10.1 Å². The summed E-state index contributed by atoms with van der Waals surface area (Å²) in [5, 5.41) is 20.8. The van der Waals surface area contributed by atoms with Crippen molar-refractivity contribution in [1.82, 2.24) is 0 Å². The molecule has 3 N–H and O–H groups in total. The fraction of sp³-hybridized carbons (Fsp3) is 0.200. The summed E-state index contributed by atoms with van der Waals surface area (Å²) in [6, 6.07) is 11.2. The van der Waals surface area contributed by atoms with Gasteiger partial charge >= 0.3 is 0 Å². The van der Waals surface area contributed by atoms with E-state index < -0.39 is 22.9 Å². The highest BCUT2D eigenvalue weighted by Gasteiger charge is 2.22. The van der Waals surface area contributed by atoms with Gasteiger partial charge in [-0.1, -0.05) is 30.3 Å². The molecule has 0 aromatic heterocycles. The van der Waals surface area contributed by atoms with Gasteiger partial charge in [0.25, 0.3) is 5.69 Å². The van der Waals surface area contributed by atoms with E-state index >= 15 is 0 Å². The lowest BCUT2D eigenvalue weighted by Crippen LogP contribution is -2.29. The van der Waals surface area contributed by atoms with Gasteiger partial charge in [0.05, 0.1) is 17.1 Å². The van der Waals surface area contributed by atoms with Crippen LogP contribution in [0.5, 0.6) is 0 Å². The van der Waals surface area contributed by atoms with Crippen molar-refractivity contribution >= 4 is 5.69 Å². The zero-order valence-corrected chi connectivity index (χ0v) is 11.1. The molecule has 110 valence electrons. The van der Waals surface area contributed by atoms with Crippen molar-refractivity contribution in [3.63, 3.8) is 0 Å². The molecular weight excluding hydrogens is 275 g/mol. The van der Waals surface area contributed by atoms with Crippen LogP contribution in [0.2, 0.25) is 0 Å². The molecule has 0 saturated carbocycles. The van der Waals surface area contributed by atoms with E-state index in [2.05, 4.69) is 0 Å². The van der Waals surface area contributed by atoms with Gasteiger partial charge in [-0.2, -0.15) is 0 Å². The number of nitrogens with zero attached hydrogens (tertiary/aromatic N) is 1. The molecule has 2 aromatic rings. The largest absolute Gasteiger partial charge is 0.391 e. The minimum absolute atomic E-state index is 0.0624. The van der Waals surface area contributed by atoms with Gasteiger partial charge in [0.1, 0.15) is 5.82 Å². The van der Waals surface area contributed by atoms with Gasteiger partial charge in [-0.15, -0.1) is 0 Å². The minimum atomic E-state index is -1.04. The zero-order valence-electron chi connectivity index (χ0n) is 11.1. The predicted molar refractivity (Wildman–Crippen MR) is 76.1 cm³/mol. The Labute approximate surface area is 121 Å². The summed E-state index contributed by atoms with van der Waals surface area (Å²) in [6.45, 7) is 0. The van der Waals surface area contributed by atoms with E-state index in [1.54, 1.807) is 0 Å². The lowest BCUT2D eigenvalue weighted by molar-refractivity contribution is -0.385. The third-order valence-electron chi connectivity index (χ3n) is 3.25. The Hall–Kier alpha value is -2.31. The fourth-order valence-electron chi connectivity index (χ4n) is 2.09. The third-order valence-corrected chi connectivity index (χ3v) is 3.25. The van der Waals surface area contributed by atoms with E-state index in [1.807, 2.05) is 30.3 Å². The second-order valence-electron chi connectivity index (χ2n) is 4.75. The van der Waals surface area contributed by atoms with Gasteiger partial charge in [-0.05, 0) is 11.6 Å². The molecule has 0 amide bonds. The van der Waals surface area contributed by atoms with Crippen LogP contribution in [-0.4, -0.2) is 16.1 Å². The maximum Gasteiger partial charge on any atom is 0.269 e. The van der Waals surface area contributed by atoms with Gasteiger partial charge in [-0.25, -0.2) is 4.39 Å². The summed E-state index contributed by atoms with van der Waals surface area (Å²) >= 11 is 0. The first-order chi connectivity index (χ1) is 9.99. The molecule has 2 atom stereocenters. The number of nitro groups is 1. The van der Waals surface area contributed by atoms with Crippen LogP contribution in [0.3, 0.4) is 0 Å². The summed E-state index contributed by atoms with van der Waals surface area (Å²) in [5.74, 6) is -0.666. The van der Waals surface area contributed by atoms with E-state index in [0.29, 0.717) is 0 Å². The van der Waals surface area contributed by atoms with Crippen molar-refractivity contribution in [2.45, 2.75) is 18.6 Å². The molecule has 0 spiro atoms. The van der Waals surface area contributed by atoms with Crippen molar-refractivity contribution in [3.05, 3.63) is 75.6 Å². The number of aliphatic hydroxyl groups excluding tert-OH is 1. The second-order valence-corrected chi connectivity index (χ2v) is 4.75. The number of hydrogen-bond donors (Lipinski definition) is 2. The van der Waals surface area contributed by atoms with E-state index in [-0.39, 0.29) is 17.7 Å². The average Bonchev–Trinajstić information content (AvgIpc) is 2.47. The van der Waals surface area contributed by atoms with Gasteiger partial charge < -0.3 is 10.8 Å². The van der Waals surface area contributed by atoms with E-state index in [0.717, 1.165) is 23.8 Å². The number of rotatable bonds is 5. The summed E-state index contributed by atoms with van der Waals surface area (Å²) in [7, 11) is 0. The fourth-order valence-corrected chi connectivity index (χ4v) is 2.09. The van der Waals surface area contributed by atoms with Crippen LogP contribution in [0, 0.1) is 15.9 Å². The molecule has 0 radical (unpaired) electrons. The molecule has 5 nitrogen and oxygen atoms in total. The van der Waals surface area contributed by atoms with E-state index in [4.69, 9.17) is 5.73 Å². The summed E-state index contributed by atoms with van der Waals surface area (Å²) in [5.41, 5.74) is 6.38. The van der Waals surface area contributed by atoms with Crippen LogP contribution in [0.25, 0.3) is 0 Å². The molecule has 0 unspecified atom stereocenters. The molecule has 0 bridgehead atoms. The monoisotopic (exact) mass is 290 g/mol. The Morgan fingerprint density at radius 2 is 1.90 bits per heavy atom. The number of benzene rings is 2. The normalized spacial score (nSPS) is 13.7. The molecule has 0 aliphatic carbocycles. The lowest BCUT2D eigenvalue weighted by atomic mass is 9.96. The molecule has 21 heavy (non-hydrogen) atoms. The molecule has 2 rings (SSSR count). The molecule has 0 heterocycles. The third kappa shape index (κ3) is 3.62. The first kappa shape index (κ1) is 15.1. The Morgan fingerprint density at radius 3 is 2.52 bits per heavy atom. The Kier molecular flexibility index (Phi) is 4.62. The number of aliphatic hydroxyl groups is 1. The van der Waals surface area contributed by atoms with Crippen molar-refractivity contribution < 1.29 is 14.4 Å². The predicted octanol–water partition coefficient (Wildman–Crippen LogP) is 2.34. The number of non-ortho nitro benzene ring substituents is 1. The summed E-state index contributed by atoms with van der Waals surface area (Å²) < 4.78 is 13.8. The number of hydrogen-bond acceptors (Lipinski definition) is 4. The van der Waals surface area contributed by atoms with Gasteiger partial charge in [0.2, 0.25) is 0 Å². The van der Waals surface area contributed by atoms with E-state index in [9.17, 15) is 19.6 Å². The first-order valence-corrected chi connectivity index (χ1v) is 6.40. The topological polar surface area (TPSA) is 89.4 Å². The SMILES string of the molecule is N[C@H](c1cc([N+](=O)[O-])ccc1F)[C@@H](O)Cc1ccccc1. The molecular formula is C15H15FN2O3. The zero-order chi connectivity index (χ0) is 15.4. The number of nitrogens with two attached hydrogens (primary N) is 1. The maximum absolute atomic E-state index is 13.8. The Bertz CT molecular complexity index is 634. The summed E-state index contributed by atoms with van der Waals surface area (Å²) in [4.78, 5) is 10.1. The highest BCUT2D eigenvalue weighted by atomic mass is 19.1. The lowest BCUT2D eigenvalue weighted by Gasteiger charge is -2.19.